The topological polar surface area (TPSA) is 58.2 Å². The average Bonchev–Trinajstić information content (AvgIpc) is 2.25. The van der Waals surface area contributed by atoms with Gasteiger partial charge in [0.1, 0.15) is 5.82 Å². The summed E-state index contributed by atoms with van der Waals surface area (Å²) < 4.78 is 39.3. The molecule has 0 bridgehead atoms. The fourth-order valence-corrected chi connectivity index (χ4v) is 3.00. The van der Waals surface area contributed by atoms with Gasteiger partial charge in [-0.05, 0) is 50.1 Å². The van der Waals surface area contributed by atoms with Crippen LogP contribution in [0.1, 0.15) is 32.3 Å². The number of benzene rings is 1. The molecule has 0 aliphatic rings. The van der Waals surface area contributed by atoms with E-state index in [2.05, 4.69) is 10.0 Å². The Hall–Kier alpha value is -1.14. The van der Waals surface area contributed by atoms with E-state index in [-0.39, 0.29) is 11.4 Å². The number of halogens is 1. The molecule has 1 aromatic rings. The molecule has 0 saturated heterocycles. The van der Waals surface area contributed by atoms with Crippen LogP contribution in [0.3, 0.4) is 0 Å². The number of nitrogens with one attached hydrogen (secondary N) is 2. The van der Waals surface area contributed by atoms with Gasteiger partial charge in [0.05, 0.1) is 11.4 Å². The normalized spacial score (nSPS) is 11.8. The molecule has 0 aliphatic heterocycles. The predicted octanol–water partition coefficient (Wildman–Crippen LogP) is 2.65. The Bertz CT molecular complexity index is 510. The number of sulfonamides is 1. The van der Waals surface area contributed by atoms with Gasteiger partial charge in [-0.25, -0.2) is 12.8 Å². The smallest absolute Gasteiger partial charge is 0.232 e. The Kier molecular flexibility index (Phi) is 6.42. The quantitative estimate of drug-likeness (QED) is 0.726. The fourth-order valence-electron chi connectivity index (χ4n) is 1.83. The third kappa shape index (κ3) is 6.86. The SMILES string of the molecule is Cc1cc(F)cc(NS(=O)(=O)CCCCNC(C)C)c1. The van der Waals surface area contributed by atoms with E-state index < -0.39 is 15.8 Å². The molecule has 0 amide bonds. The van der Waals surface area contributed by atoms with E-state index in [4.69, 9.17) is 0 Å². The van der Waals surface area contributed by atoms with Crippen molar-refractivity contribution in [1.82, 2.24) is 5.32 Å². The first-order valence-corrected chi connectivity index (χ1v) is 8.45. The zero-order valence-corrected chi connectivity index (χ0v) is 13.1. The molecule has 114 valence electrons. The lowest BCUT2D eigenvalue weighted by Crippen LogP contribution is -2.24. The van der Waals surface area contributed by atoms with Crippen LogP contribution in [0.5, 0.6) is 0 Å². The molecule has 1 rings (SSSR count). The summed E-state index contributed by atoms with van der Waals surface area (Å²) in [4.78, 5) is 0. The fraction of sp³-hybridized carbons (Fsp3) is 0.571. The van der Waals surface area contributed by atoms with Gasteiger partial charge >= 0.3 is 0 Å². The Balaban J connectivity index is 2.45. The van der Waals surface area contributed by atoms with Crippen LogP contribution in [0.4, 0.5) is 10.1 Å². The van der Waals surface area contributed by atoms with Crippen molar-refractivity contribution in [3.8, 4) is 0 Å². The zero-order chi connectivity index (χ0) is 15.2. The molecule has 0 radical (unpaired) electrons. The number of unbranched alkanes of at least 4 members (excludes halogenated alkanes) is 1. The van der Waals surface area contributed by atoms with Crippen LogP contribution < -0.4 is 10.0 Å². The van der Waals surface area contributed by atoms with E-state index in [0.29, 0.717) is 18.0 Å². The molecule has 0 unspecified atom stereocenters. The Morgan fingerprint density at radius 2 is 1.90 bits per heavy atom. The van der Waals surface area contributed by atoms with Crippen molar-refractivity contribution in [3.63, 3.8) is 0 Å². The molecular formula is C14H23FN2O2S. The number of rotatable bonds is 8. The van der Waals surface area contributed by atoms with Crippen molar-refractivity contribution in [2.24, 2.45) is 0 Å². The van der Waals surface area contributed by atoms with Gasteiger partial charge in [0.15, 0.2) is 0 Å². The minimum absolute atomic E-state index is 0.0440. The van der Waals surface area contributed by atoms with Gasteiger partial charge in [0, 0.05) is 6.04 Å². The second-order valence-corrected chi connectivity index (χ2v) is 7.10. The summed E-state index contributed by atoms with van der Waals surface area (Å²) in [7, 11) is -3.41. The van der Waals surface area contributed by atoms with Crippen LogP contribution in [0, 0.1) is 12.7 Å². The number of anilines is 1. The van der Waals surface area contributed by atoms with Crippen LogP contribution in [0.25, 0.3) is 0 Å². The molecule has 0 spiro atoms. The van der Waals surface area contributed by atoms with Crippen molar-refractivity contribution in [2.75, 3.05) is 17.0 Å². The van der Waals surface area contributed by atoms with Gasteiger partial charge in [-0.2, -0.15) is 0 Å². The highest BCUT2D eigenvalue weighted by Crippen LogP contribution is 2.15. The molecule has 6 heteroatoms. The predicted molar refractivity (Wildman–Crippen MR) is 80.9 cm³/mol. The average molecular weight is 302 g/mol. The van der Waals surface area contributed by atoms with E-state index in [1.807, 2.05) is 13.8 Å². The second-order valence-electron chi connectivity index (χ2n) is 5.25. The van der Waals surface area contributed by atoms with Crippen molar-refractivity contribution in [3.05, 3.63) is 29.6 Å². The molecule has 0 saturated carbocycles. The highest BCUT2D eigenvalue weighted by molar-refractivity contribution is 7.92. The van der Waals surface area contributed by atoms with Crippen LogP contribution in [-0.2, 0) is 10.0 Å². The van der Waals surface area contributed by atoms with Crippen molar-refractivity contribution < 1.29 is 12.8 Å². The summed E-state index contributed by atoms with van der Waals surface area (Å²) in [5.74, 6) is -0.397. The lowest BCUT2D eigenvalue weighted by molar-refractivity contribution is 0.561. The summed E-state index contributed by atoms with van der Waals surface area (Å²) in [5, 5.41) is 3.23. The highest BCUT2D eigenvalue weighted by atomic mass is 32.2. The number of hydrogen-bond acceptors (Lipinski definition) is 3. The largest absolute Gasteiger partial charge is 0.315 e. The standard InChI is InChI=1S/C14H23FN2O2S/c1-11(2)16-6-4-5-7-20(18,19)17-14-9-12(3)8-13(15)10-14/h8-11,16-17H,4-7H2,1-3H3. The van der Waals surface area contributed by atoms with E-state index in [0.717, 1.165) is 13.0 Å². The third-order valence-corrected chi connectivity index (χ3v) is 4.08. The van der Waals surface area contributed by atoms with E-state index in [9.17, 15) is 12.8 Å². The van der Waals surface area contributed by atoms with Gasteiger partial charge in [-0.1, -0.05) is 13.8 Å². The minimum atomic E-state index is -3.41. The maximum atomic E-state index is 13.2. The van der Waals surface area contributed by atoms with E-state index >= 15 is 0 Å². The van der Waals surface area contributed by atoms with Gasteiger partial charge in [-0.3, -0.25) is 4.72 Å². The third-order valence-electron chi connectivity index (χ3n) is 2.71. The van der Waals surface area contributed by atoms with Crippen LogP contribution in [-0.4, -0.2) is 26.8 Å². The first-order valence-electron chi connectivity index (χ1n) is 6.79. The lowest BCUT2D eigenvalue weighted by Gasteiger charge is -2.10. The van der Waals surface area contributed by atoms with Crippen LogP contribution >= 0.6 is 0 Å². The monoisotopic (exact) mass is 302 g/mol. The molecule has 0 fully saturated rings. The van der Waals surface area contributed by atoms with Gasteiger partial charge in [0.2, 0.25) is 10.0 Å². The first kappa shape index (κ1) is 16.9. The van der Waals surface area contributed by atoms with Gasteiger partial charge in [-0.15, -0.1) is 0 Å². The van der Waals surface area contributed by atoms with Crippen molar-refractivity contribution in [1.29, 1.82) is 0 Å². The number of hydrogen-bond donors (Lipinski definition) is 2. The molecule has 0 aliphatic carbocycles. The van der Waals surface area contributed by atoms with Crippen molar-refractivity contribution >= 4 is 15.7 Å². The van der Waals surface area contributed by atoms with Crippen LogP contribution in [0.2, 0.25) is 0 Å². The Labute approximate surface area is 120 Å². The molecular weight excluding hydrogens is 279 g/mol. The summed E-state index contributed by atoms with van der Waals surface area (Å²) >= 11 is 0. The lowest BCUT2D eigenvalue weighted by atomic mass is 10.2. The highest BCUT2D eigenvalue weighted by Gasteiger charge is 2.11. The zero-order valence-electron chi connectivity index (χ0n) is 12.2. The molecule has 0 heterocycles. The molecule has 20 heavy (non-hydrogen) atoms. The Morgan fingerprint density at radius 3 is 2.50 bits per heavy atom. The second kappa shape index (κ2) is 7.59. The van der Waals surface area contributed by atoms with Gasteiger partial charge < -0.3 is 5.32 Å². The molecule has 2 N–H and O–H groups in total. The minimum Gasteiger partial charge on any atom is -0.315 e. The summed E-state index contributed by atoms with van der Waals surface area (Å²) in [6.45, 7) is 6.61. The summed E-state index contributed by atoms with van der Waals surface area (Å²) in [6, 6.07) is 4.56. The van der Waals surface area contributed by atoms with E-state index in [1.165, 1.54) is 12.1 Å². The van der Waals surface area contributed by atoms with Gasteiger partial charge in [0.25, 0.3) is 0 Å². The maximum Gasteiger partial charge on any atom is 0.232 e. The molecule has 0 aromatic heterocycles. The summed E-state index contributed by atoms with van der Waals surface area (Å²) in [6.07, 6.45) is 1.37. The molecule has 0 atom stereocenters. The summed E-state index contributed by atoms with van der Waals surface area (Å²) in [5.41, 5.74) is 0.964. The number of aryl methyl sites for hydroxylation is 1. The van der Waals surface area contributed by atoms with Crippen LogP contribution in [0.15, 0.2) is 18.2 Å². The maximum absolute atomic E-state index is 13.2. The van der Waals surface area contributed by atoms with E-state index in [1.54, 1.807) is 13.0 Å². The molecule has 4 nitrogen and oxygen atoms in total. The van der Waals surface area contributed by atoms with Crippen molar-refractivity contribution in [2.45, 2.75) is 39.7 Å². The first-order chi connectivity index (χ1) is 9.28. The molecule has 1 aromatic carbocycles. The Morgan fingerprint density at radius 1 is 1.20 bits per heavy atom.